The second-order valence-corrected chi connectivity index (χ2v) is 6.51. The molecule has 0 aliphatic heterocycles. The van der Waals surface area contributed by atoms with Gasteiger partial charge in [0.15, 0.2) is 5.58 Å². The van der Waals surface area contributed by atoms with Crippen LogP contribution in [0.2, 0.25) is 0 Å². The van der Waals surface area contributed by atoms with Crippen LogP contribution in [-0.2, 0) is 11.3 Å². The Morgan fingerprint density at radius 2 is 1.89 bits per heavy atom. The molecule has 0 atom stereocenters. The van der Waals surface area contributed by atoms with E-state index in [2.05, 4.69) is 5.32 Å². The maximum atomic E-state index is 12.1. The third-order valence-corrected chi connectivity index (χ3v) is 4.08. The van der Waals surface area contributed by atoms with Gasteiger partial charge in [0.25, 0.3) is 0 Å². The van der Waals surface area contributed by atoms with E-state index in [-0.39, 0.29) is 36.5 Å². The summed E-state index contributed by atoms with van der Waals surface area (Å²) in [5.41, 5.74) is 7.37. The first kappa shape index (κ1) is 25.5. The molecule has 27 heavy (non-hydrogen) atoms. The summed E-state index contributed by atoms with van der Waals surface area (Å²) in [4.78, 5) is 26.0. The molecular formula is C18H30Cl2N4O3. The Bertz CT molecular complexity index is 759. The number of amides is 1. The summed E-state index contributed by atoms with van der Waals surface area (Å²) in [6.07, 6.45) is 4.41. The monoisotopic (exact) mass is 420 g/mol. The minimum Gasteiger partial charge on any atom is -0.408 e. The highest BCUT2D eigenvalue weighted by Crippen LogP contribution is 2.19. The molecule has 0 aliphatic rings. The van der Waals surface area contributed by atoms with Crippen LogP contribution in [0.1, 0.15) is 32.1 Å². The van der Waals surface area contributed by atoms with Crippen molar-refractivity contribution in [3.05, 3.63) is 28.7 Å². The molecule has 9 heteroatoms. The topological polar surface area (TPSA) is 93.5 Å². The van der Waals surface area contributed by atoms with E-state index in [0.717, 1.165) is 32.2 Å². The van der Waals surface area contributed by atoms with Gasteiger partial charge in [0, 0.05) is 25.2 Å². The summed E-state index contributed by atoms with van der Waals surface area (Å²) in [7, 11) is 3.90. The van der Waals surface area contributed by atoms with Crippen LogP contribution in [0.5, 0.6) is 0 Å². The van der Waals surface area contributed by atoms with E-state index in [1.807, 2.05) is 19.0 Å². The van der Waals surface area contributed by atoms with E-state index in [4.69, 9.17) is 10.2 Å². The summed E-state index contributed by atoms with van der Waals surface area (Å²) < 4.78 is 6.85. The number of anilines is 1. The number of likely N-dealkylation sites (N-methyl/N-ethyl adjacent to an activating group) is 1. The third kappa shape index (κ3) is 7.92. The minimum atomic E-state index is -0.375. The van der Waals surface area contributed by atoms with Crippen LogP contribution in [0.3, 0.4) is 0 Å². The Morgan fingerprint density at radius 3 is 2.56 bits per heavy atom. The van der Waals surface area contributed by atoms with Gasteiger partial charge in [-0.2, -0.15) is 0 Å². The number of hydrogen-bond acceptors (Lipinski definition) is 5. The molecule has 0 saturated carbocycles. The highest BCUT2D eigenvalue weighted by Gasteiger charge is 2.11. The second-order valence-electron chi connectivity index (χ2n) is 6.51. The number of carbonyl (C=O) groups is 1. The number of nitrogens with one attached hydrogen (secondary N) is 1. The van der Waals surface area contributed by atoms with Gasteiger partial charge in [-0.15, -0.1) is 24.8 Å². The molecule has 0 saturated heterocycles. The van der Waals surface area contributed by atoms with Gasteiger partial charge >= 0.3 is 5.76 Å². The molecule has 1 aromatic heterocycles. The summed E-state index contributed by atoms with van der Waals surface area (Å²) in [5.74, 6) is -0.391. The average molecular weight is 421 g/mol. The number of hydrogen-bond donors (Lipinski definition) is 2. The summed E-state index contributed by atoms with van der Waals surface area (Å²) in [5, 5.41) is 2.90. The second kappa shape index (κ2) is 12.8. The first-order valence-electron chi connectivity index (χ1n) is 8.79. The van der Waals surface area contributed by atoms with Gasteiger partial charge in [-0.1, -0.05) is 12.8 Å². The number of nitrogens with zero attached hydrogens (tertiary/aromatic N) is 2. The fourth-order valence-electron chi connectivity index (χ4n) is 2.66. The molecule has 7 nitrogen and oxygen atoms in total. The van der Waals surface area contributed by atoms with E-state index in [0.29, 0.717) is 36.3 Å². The quantitative estimate of drug-likeness (QED) is 0.576. The lowest BCUT2D eigenvalue weighted by atomic mass is 10.1. The largest absolute Gasteiger partial charge is 0.419 e. The molecule has 0 aliphatic carbocycles. The SMILES string of the molecule is CN(C)CCn1c(=O)oc2ccc(NC(=O)CCCCCCN)cc21.Cl.Cl. The Morgan fingerprint density at radius 1 is 1.19 bits per heavy atom. The van der Waals surface area contributed by atoms with Gasteiger partial charge in [-0.3, -0.25) is 9.36 Å². The minimum absolute atomic E-state index is 0. The zero-order valence-corrected chi connectivity index (χ0v) is 17.5. The number of fused-ring (bicyclic) bond motifs is 1. The lowest BCUT2D eigenvalue weighted by molar-refractivity contribution is -0.116. The third-order valence-electron chi connectivity index (χ3n) is 4.08. The van der Waals surface area contributed by atoms with Crippen molar-refractivity contribution >= 4 is 47.5 Å². The highest BCUT2D eigenvalue weighted by molar-refractivity contribution is 5.92. The first-order chi connectivity index (χ1) is 12.0. The molecule has 0 fully saturated rings. The van der Waals surface area contributed by atoms with Crippen LogP contribution in [0.15, 0.2) is 27.4 Å². The summed E-state index contributed by atoms with van der Waals surface area (Å²) in [6, 6.07) is 5.27. The standard InChI is InChI=1S/C18H28N4O3.2ClH/c1-21(2)11-12-22-15-13-14(8-9-16(15)25-18(22)24)20-17(23)7-5-3-4-6-10-19;;/h8-9,13H,3-7,10-12,19H2,1-2H3,(H,20,23);2*1H. The Labute approximate surface area is 172 Å². The number of nitrogens with two attached hydrogens (primary N) is 1. The molecule has 0 spiro atoms. The molecule has 154 valence electrons. The van der Waals surface area contributed by atoms with Gasteiger partial charge < -0.3 is 20.4 Å². The first-order valence-corrected chi connectivity index (χ1v) is 8.79. The molecule has 3 N–H and O–H groups in total. The summed E-state index contributed by atoms with van der Waals surface area (Å²) >= 11 is 0. The molecular weight excluding hydrogens is 391 g/mol. The maximum Gasteiger partial charge on any atom is 0.419 e. The lowest BCUT2D eigenvalue weighted by Crippen LogP contribution is -2.23. The maximum absolute atomic E-state index is 12.1. The summed E-state index contributed by atoms with van der Waals surface area (Å²) in [6.45, 7) is 1.97. The number of unbranched alkanes of at least 4 members (excludes halogenated alkanes) is 3. The number of halogens is 2. The molecule has 0 radical (unpaired) electrons. The fourth-order valence-corrected chi connectivity index (χ4v) is 2.66. The number of aromatic nitrogens is 1. The fraction of sp³-hybridized carbons (Fsp3) is 0.556. The molecule has 0 bridgehead atoms. The average Bonchev–Trinajstić information content (AvgIpc) is 2.87. The highest BCUT2D eigenvalue weighted by atomic mass is 35.5. The number of benzene rings is 1. The zero-order chi connectivity index (χ0) is 18.2. The van der Waals surface area contributed by atoms with Crippen LogP contribution in [0.25, 0.3) is 11.1 Å². The number of oxazole rings is 1. The van der Waals surface area contributed by atoms with Crippen LogP contribution >= 0.6 is 24.8 Å². The van der Waals surface area contributed by atoms with Crippen molar-refractivity contribution in [1.82, 2.24) is 9.47 Å². The number of rotatable bonds is 10. The molecule has 2 aromatic rings. The lowest BCUT2D eigenvalue weighted by Gasteiger charge is -2.10. The van der Waals surface area contributed by atoms with E-state index >= 15 is 0 Å². The van der Waals surface area contributed by atoms with Crippen molar-refractivity contribution < 1.29 is 9.21 Å². The predicted molar refractivity (Wildman–Crippen MR) is 114 cm³/mol. The Kier molecular flexibility index (Phi) is 12.0. The van der Waals surface area contributed by atoms with Gasteiger partial charge in [0.05, 0.1) is 5.52 Å². The van der Waals surface area contributed by atoms with Crippen LogP contribution in [0, 0.1) is 0 Å². The van der Waals surface area contributed by atoms with Crippen molar-refractivity contribution in [2.24, 2.45) is 5.73 Å². The molecule has 2 rings (SSSR count). The van der Waals surface area contributed by atoms with Crippen molar-refractivity contribution in [3.63, 3.8) is 0 Å². The normalized spacial score (nSPS) is 10.5. The predicted octanol–water partition coefficient (Wildman–Crippen LogP) is 2.85. The smallest absolute Gasteiger partial charge is 0.408 e. The van der Waals surface area contributed by atoms with Crippen molar-refractivity contribution in [2.45, 2.75) is 38.6 Å². The van der Waals surface area contributed by atoms with Gasteiger partial charge in [0.2, 0.25) is 5.91 Å². The van der Waals surface area contributed by atoms with E-state index < -0.39 is 0 Å². The van der Waals surface area contributed by atoms with Crippen LogP contribution in [0.4, 0.5) is 5.69 Å². The van der Waals surface area contributed by atoms with Crippen LogP contribution < -0.4 is 16.8 Å². The number of carbonyl (C=O) groups excluding carboxylic acids is 1. The Hall–Kier alpha value is -1.54. The van der Waals surface area contributed by atoms with Crippen molar-refractivity contribution in [1.29, 1.82) is 0 Å². The Balaban J connectivity index is 0.00000338. The molecule has 1 aromatic carbocycles. The van der Waals surface area contributed by atoms with Gasteiger partial charge in [-0.05, 0) is 51.7 Å². The van der Waals surface area contributed by atoms with Crippen LogP contribution in [-0.4, -0.2) is 42.6 Å². The van der Waals surface area contributed by atoms with Crippen molar-refractivity contribution in [2.75, 3.05) is 32.5 Å². The molecule has 1 amide bonds. The molecule has 0 unspecified atom stereocenters. The van der Waals surface area contributed by atoms with E-state index in [9.17, 15) is 9.59 Å². The van der Waals surface area contributed by atoms with E-state index in [1.54, 1.807) is 22.8 Å². The van der Waals surface area contributed by atoms with Gasteiger partial charge in [-0.25, -0.2) is 4.79 Å². The van der Waals surface area contributed by atoms with Gasteiger partial charge in [0.1, 0.15) is 0 Å². The van der Waals surface area contributed by atoms with E-state index in [1.165, 1.54) is 0 Å². The van der Waals surface area contributed by atoms with Crippen molar-refractivity contribution in [3.8, 4) is 0 Å². The zero-order valence-electron chi connectivity index (χ0n) is 15.9. The molecule has 1 heterocycles.